The van der Waals surface area contributed by atoms with E-state index in [1.807, 2.05) is 64.1 Å². The Morgan fingerprint density at radius 1 is 0.848 bits per heavy atom. The number of ether oxygens (including phenoxy) is 3. The van der Waals surface area contributed by atoms with Gasteiger partial charge in [-0.05, 0) is 48.2 Å². The highest BCUT2D eigenvalue weighted by Crippen LogP contribution is 2.40. The number of thiazole rings is 1. The first-order valence-electron chi connectivity index (χ1n) is 16.4. The van der Waals surface area contributed by atoms with E-state index in [1.54, 1.807) is 29.5 Å². The molecule has 4 rings (SSSR count). The van der Waals surface area contributed by atoms with Gasteiger partial charge in [0.05, 0.1) is 18.6 Å². The maximum absolute atomic E-state index is 12.6. The third-order valence-electron chi connectivity index (χ3n) is 7.76. The Labute approximate surface area is 277 Å². The molecule has 0 bridgehead atoms. The van der Waals surface area contributed by atoms with Gasteiger partial charge in [-0.2, -0.15) is 4.57 Å². The van der Waals surface area contributed by atoms with Crippen LogP contribution < -0.4 is 23.5 Å². The fraction of sp³-hybridized carbons (Fsp3) is 0.472. The number of hydrogen-bond donors (Lipinski definition) is 0. The highest BCUT2D eigenvalue weighted by Gasteiger charge is 2.18. The van der Waals surface area contributed by atoms with E-state index in [0.717, 1.165) is 28.5 Å². The lowest BCUT2D eigenvalue weighted by molar-refractivity contribution is -0.683. The molecular weight excluding hydrogens is 621 g/mol. The summed E-state index contributed by atoms with van der Waals surface area (Å²) in [5.41, 5.74) is 2.89. The first-order valence-corrected chi connectivity index (χ1v) is 18.8. The first kappa shape index (κ1) is 35.9. The Kier molecular flexibility index (Phi) is 15.3. The second-order valence-electron chi connectivity index (χ2n) is 11.5. The number of methoxy groups -OCH3 is 1. The van der Waals surface area contributed by atoms with Crippen molar-refractivity contribution in [3.63, 3.8) is 0 Å². The molecule has 1 aromatic heterocycles. The molecule has 0 N–H and O–H groups in total. The van der Waals surface area contributed by atoms with Gasteiger partial charge in [0, 0.05) is 18.1 Å². The van der Waals surface area contributed by atoms with Crippen LogP contribution in [0, 0.1) is 0 Å². The van der Waals surface area contributed by atoms with Crippen molar-refractivity contribution < 1.29 is 37.3 Å². The molecule has 0 saturated carbocycles. The topological polar surface area (TPSA) is 90.2 Å². The Morgan fingerprint density at radius 2 is 1.61 bits per heavy atom. The lowest BCUT2D eigenvalue weighted by atomic mass is 10.1. The van der Waals surface area contributed by atoms with Crippen molar-refractivity contribution in [3.05, 3.63) is 83.3 Å². The third kappa shape index (κ3) is 12.7. The summed E-state index contributed by atoms with van der Waals surface area (Å²) >= 11 is 1.58. The van der Waals surface area contributed by atoms with Crippen LogP contribution in [0.15, 0.2) is 77.8 Å². The minimum absolute atomic E-state index is 0.101. The lowest BCUT2D eigenvalue weighted by Crippen LogP contribution is -2.30. The fourth-order valence-corrected chi connectivity index (χ4v) is 6.56. The molecule has 0 spiro atoms. The summed E-state index contributed by atoms with van der Waals surface area (Å²) in [6.45, 7) is 3.43. The summed E-state index contributed by atoms with van der Waals surface area (Å²) in [7, 11) is -3.15. The van der Waals surface area contributed by atoms with Gasteiger partial charge in [-0.1, -0.05) is 100 Å². The second-order valence-corrected chi connectivity index (χ2v) is 13.6. The van der Waals surface area contributed by atoms with Crippen LogP contribution >= 0.6 is 19.2 Å². The van der Waals surface area contributed by atoms with Gasteiger partial charge in [-0.3, -0.25) is 4.57 Å². The Bertz CT molecular complexity index is 1480. The molecule has 0 radical (unpaired) electrons. The van der Waals surface area contributed by atoms with Gasteiger partial charge in [0.15, 0.2) is 12.7 Å². The summed E-state index contributed by atoms with van der Waals surface area (Å²) in [6.07, 6.45) is 14.3. The minimum atomic E-state index is -4.63. The third-order valence-corrected chi connectivity index (χ3v) is 9.33. The van der Waals surface area contributed by atoms with Gasteiger partial charge in [0.2, 0.25) is 5.51 Å². The van der Waals surface area contributed by atoms with Crippen molar-refractivity contribution in [3.8, 4) is 17.2 Å². The van der Waals surface area contributed by atoms with Gasteiger partial charge in [0.1, 0.15) is 30.0 Å². The van der Waals surface area contributed by atoms with Gasteiger partial charge < -0.3 is 28.2 Å². The number of phosphoric acid groups is 1. The largest absolute Gasteiger partial charge is 0.746 e. The van der Waals surface area contributed by atoms with E-state index in [9.17, 15) is 9.46 Å². The molecule has 0 fully saturated rings. The smallest absolute Gasteiger partial charge is 0.319 e. The van der Waals surface area contributed by atoms with Crippen molar-refractivity contribution in [2.75, 3.05) is 26.9 Å². The van der Waals surface area contributed by atoms with E-state index >= 15 is 0 Å². The number of benzene rings is 3. The van der Waals surface area contributed by atoms with E-state index in [1.165, 1.54) is 64.9 Å². The van der Waals surface area contributed by atoms with Crippen LogP contribution in [-0.4, -0.2) is 33.0 Å². The SMILES string of the molecule is CCCCCCCCCCCCOc1cccc2cc(OCC(COP(=O)([O-])Oc3cccc(C[n+]4ccsc4)c3)OC)ccc12. The van der Waals surface area contributed by atoms with E-state index in [-0.39, 0.29) is 19.0 Å². The summed E-state index contributed by atoms with van der Waals surface area (Å²) in [6, 6.07) is 18.7. The Hall–Kier alpha value is -2.94. The lowest BCUT2D eigenvalue weighted by Gasteiger charge is -2.25. The van der Waals surface area contributed by atoms with Crippen LogP contribution in [-0.2, 0) is 20.4 Å². The fourth-order valence-electron chi connectivity index (χ4n) is 5.19. The highest BCUT2D eigenvalue weighted by atomic mass is 32.1. The van der Waals surface area contributed by atoms with Crippen LogP contribution in [0.5, 0.6) is 17.2 Å². The number of hydrogen-bond acceptors (Lipinski definition) is 8. The van der Waals surface area contributed by atoms with Crippen molar-refractivity contribution in [2.45, 2.75) is 83.8 Å². The molecule has 3 aromatic carbocycles. The van der Waals surface area contributed by atoms with Gasteiger partial charge >= 0.3 is 7.82 Å². The second kappa shape index (κ2) is 19.7. The molecule has 2 atom stereocenters. The molecule has 2 unspecified atom stereocenters. The highest BCUT2D eigenvalue weighted by molar-refractivity contribution is 7.46. The average molecular weight is 670 g/mol. The summed E-state index contributed by atoms with van der Waals surface area (Å²) in [5, 5.41) is 4.00. The quantitative estimate of drug-likeness (QED) is 0.0445. The predicted molar refractivity (Wildman–Crippen MR) is 182 cm³/mol. The molecule has 10 heteroatoms. The maximum Gasteiger partial charge on any atom is 0.319 e. The van der Waals surface area contributed by atoms with Gasteiger partial charge in [0.25, 0.3) is 0 Å². The Morgan fingerprint density at radius 3 is 2.35 bits per heavy atom. The number of rotatable bonds is 23. The molecule has 0 aliphatic carbocycles. The van der Waals surface area contributed by atoms with Gasteiger partial charge in [-0.25, -0.2) is 0 Å². The van der Waals surface area contributed by atoms with Crippen LogP contribution in [0.25, 0.3) is 10.8 Å². The van der Waals surface area contributed by atoms with Crippen LogP contribution in [0.3, 0.4) is 0 Å². The van der Waals surface area contributed by atoms with Crippen molar-refractivity contribution in [1.29, 1.82) is 0 Å². The molecule has 0 amide bonds. The van der Waals surface area contributed by atoms with E-state index < -0.39 is 13.9 Å². The van der Waals surface area contributed by atoms with E-state index in [0.29, 0.717) is 18.9 Å². The molecule has 0 aliphatic heterocycles. The zero-order valence-electron chi connectivity index (χ0n) is 27.1. The number of phosphoric ester groups is 1. The first-order chi connectivity index (χ1) is 22.5. The zero-order chi connectivity index (χ0) is 32.5. The standard InChI is InChI=1S/C36H48NO7PS/c1-3-4-5-6-7-8-9-10-11-12-22-41-36-18-14-16-31-25-32(19-20-35(31)36)42-27-34(40-2)28-43-45(38,39)44-33-17-13-15-30(24-33)26-37-21-23-46-29-37/h13-21,23-25,29,34H,3-12,22,26-28H2,1-2H3. The average Bonchev–Trinajstić information content (AvgIpc) is 3.56. The molecular formula is C36H48NO7PS. The normalized spacial score (nSPS) is 13.4. The molecule has 4 aromatic rings. The number of aromatic nitrogens is 1. The van der Waals surface area contributed by atoms with Crippen molar-refractivity contribution in [1.82, 2.24) is 0 Å². The predicted octanol–water partition coefficient (Wildman–Crippen LogP) is 8.49. The van der Waals surface area contributed by atoms with E-state index in [2.05, 4.69) is 6.92 Å². The van der Waals surface area contributed by atoms with Crippen molar-refractivity contribution >= 4 is 29.9 Å². The molecule has 250 valence electrons. The Balaban J connectivity index is 1.18. The van der Waals surface area contributed by atoms with Crippen LogP contribution in [0.4, 0.5) is 0 Å². The summed E-state index contributed by atoms with van der Waals surface area (Å²) < 4.78 is 42.4. The molecule has 8 nitrogen and oxygen atoms in total. The van der Waals surface area contributed by atoms with Crippen LogP contribution in [0.2, 0.25) is 0 Å². The van der Waals surface area contributed by atoms with E-state index in [4.69, 9.17) is 23.3 Å². The molecule has 0 aliphatic rings. The van der Waals surface area contributed by atoms with Crippen LogP contribution in [0.1, 0.15) is 76.7 Å². The zero-order valence-corrected chi connectivity index (χ0v) is 28.9. The summed E-state index contributed by atoms with van der Waals surface area (Å²) in [5.74, 6) is 1.70. The maximum atomic E-state index is 12.6. The number of nitrogens with zero attached hydrogens (tertiary/aromatic N) is 1. The monoisotopic (exact) mass is 669 g/mol. The number of unbranched alkanes of at least 4 members (excludes halogenated alkanes) is 9. The molecule has 46 heavy (non-hydrogen) atoms. The van der Waals surface area contributed by atoms with Gasteiger partial charge in [-0.15, -0.1) is 0 Å². The molecule has 1 heterocycles. The van der Waals surface area contributed by atoms with Crippen molar-refractivity contribution in [2.24, 2.45) is 0 Å². The summed E-state index contributed by atoms with van der Waals surface area (Å²) in [4.78, 5) is 12.6. The minimum Gasteiger partial charge on any atom is -0.746 e. The number of fused-ring (bicyclic) bond motifs is 1. The molecule has 0 saturated heterocycles.